The molecule has 0 aliphatic carbocycles. The minimum Gasteiger partial charge on any atom is -0.388 e. The van der Waals surface area contributed by atoms with Crippen LogP contribution in [0.25, 0.3) is 0 Å². The third kappa shape index (κ3) is 1.97. The monoisotopic (exact) mass is 170 g/mol. The molecule has 1 unspecified atom stereocenters. The molecule has 3 heteroatoms. The average molecular weight is 170 g/mol. The first kappa shape index (κ1) is 9.52. The van der Waals surface area contributed by atoms with Gasteiger partial charge >= 0.3 is 0 Å². The average Bonchev–Trinajstić information content (AvgIpc) is 2.33. The summed E-state index contributed by atoms with van der Waals surface area (Å²) < 4.78 is 0. The van der Waals surface area contributed by atoms with Crippen LogP contribution < -0.4 is 5.32 Å². The molecule has 0 aromatic rings. The van der Waals surface area contributed by atoms with Gasteiger partial charge in [0.15, 0.2) is 5.60 Å². The number of nitrogens with one attached hydrogen (secondary N) is 1. The zero-order chi connectivity index (χ0) is 9.19. The molecule has 1 aliphatic rings. The molecule has 0 aromatic carbocycles. The lowest BCUT2D eigenvalue weighted by Gasteiger charge is -2.20. The van der Waals surface area contributed by atoms with E-state index in [9.17, 15) is 0 Å². The topological polar surface area (TPSA) is 33.6 Å². The number of hydrogen-bond donors (Lipinski definition) is 1. The Hall–Kier alpha value is -0.570. The van der Waals surface area contributed by atoms with E-state index in [1.807, 2.05) is 7.05 Å². The fraction of sp³-hybridized carbons (Fsp3) is 0.889. The normalized spacial score (nSPS) is 28.9. The summed E-state index contributed by atoms with van der Waals surface area (Å²) in [5, 5.41) is 7.19. The van der Waals surface area contributed by atoms with Gasteiger partial charge in [0.25, 0.3) is 0 Å². The van der Waals surface area contributed by atoms with Gasteiger partial charge in [-0.1, -0.05) is 19.0 Å². The van der Waals surface area contributed by atoms with E-state index in [0.29, 0.717) is 5.92 Å². The number of hydrogen-bond acceptors (Lipinski definition) is 3. The van der Waals surface area contributed by atoms with Crippen LogP contribution in [0.5, 0.6) is 0 Å². The molecule has 1 atom stereocenters. The van der Waals surface area contributed by atoms with Crippen LogP contribution in [0, 0.1) is 5.92 Å². The van der Waals surface area contributed by atoms with Crippen molar-refractivity contribution in [3.05, 3.63) is 0 Å². The standard InChI is InChI=1S/C9H18N2O/c1-7(2)8-5-9(3,6-10-4)12-11-8/h7,10H,5-6H2,1-4H3. The Balaban J connectivity index is 2.50. The van der Waals surface area contributed by atoms with Crippen molar-refractivity contribution >= 4 is 5.71 Å². The van der Waals surface area contributed by atoms with Gasteiger partial charge in [0.2, 0.25) is 0 Å². The van der Waals surface area contributed by atoms with Gasteiger partial charge in [-0.3, -0.25) is 0 Å². The number of likely N-dealkylation sites (N-methyl/N-ethyl adjacent to an activating group) is 1. The van der Waals surface area contributed by atoms with Gasteiger partial charge in [-0.25, -0.2) is 0 Å². The molecule has 1 aliphatic heterocycles. The molecule has 0 radical (unpaired) electrons. The van der Waals surface area contributed by atoms with E-state index < -0.39 is 0 Å². The van der Waals surface area contributed by atoms with Crippen LogP contribution in [0.1, 0.15) is 27.2 Å². The lowest BCUT2D eigenvalue weighted by atomic mass is 9.94. The molecule has 0 bridgehead atoms. The van der Waals surface area contributed by atoms with Crippen molar-refractivity contribution in [2.75, 3.05) is 13.6 Å². The SMILES string of the molecule is CNCC1(C)CC(C(C)C)=NO1. The first-order chi connectivity index (χ1) is 5.57. The quantitative estimate of drug-likeness (QED) is 0.694. The first-order valence-corrected chi connectivity index (χ1v) is 4.47. The van der Waals surface area contributed by atoms with Crippen molar-refractivity contribution in [2.45, 2.75) is 32.8 Å². The Morgan fingerprint density at radius 3 is 2.75 bits per heavy atom. The molecule has 12 heavy (non-hydrogen) atoms. The molecule has 3 nitrogen and oxygen atoms in total. The second-order valence-corrected chi connectivity index (χ2v) is 3.99. The van der Waals surface area contributed by atoms with Gasteiger partial charge in [-0.15, -0.1) is 0 Å². The van der Waals surface area contributed by atoms with Gasteiger partial charge in [0.05, 0.1) is 5.71 Å². The van der Waals surface area contributed by atoms with Crippen molar-refractivity contribution in [3.63, 3.8) is 0 Å². The summed E-state index contributed by atoms with van der Waals surface area (Å²) in [6, 6.07) is 0. The van der Waals surface area contributed by atoms with E-state index >= 15 is 0 Å². The van der Waals surface area contributed by atoms with E-state index in [-0.39, 0.29) is 5.60 Å². The highest BCUT2D eigenvalue weighted by molar-refractivity contribution is 5.87. The smallest absolute Gasteiger partial charge is 0.152 e. The minimum atomic E-state index is -0.117. The second kappa shape index (κ2) is 3.44. The van der Waals surface area contributed by atoms with Crippen LogP contribution in [0.15, 0.2) is 5.16 Å². The molecule has 1 N–H and O–H groups in total. The molecule has 0 saturated carbocycles. The van der Waals surface area contributed by atoms with Crippen molar-refractivity contribution in [3.8, 4) is 0 Å². The molecule has 0 spiro atoms. The fourth-order valence-corrected chi connectivity index (χ4v) is 1.39. The zero-order valence-electron chi connectivity index (χ0n) is 8.35. The summed E-state index contributed by atoms with van der Waals surface area (Å²) >= 11 is 0. The van der Waals surface area contributed by atoms with E-state index in [2.05, 4.69) is 31.2 Å². The van der Waals surface area contributed by atoms with Gasteiger partial charge in [-0.05, 0) is 19.9 Å². The third-order valence-electron chi connectivity index (χ3n) is 2.16. The highest BCUT2D eigenvalue weighted by Crippen LogP contribution is 2.25. The van der Waals surface area contributed by atoms with Crippen LogP contribution in [0.3, 0.4) is 0 Å². The molecular weight excluding hydrogens is 152 g/mol. The zero-order valence-corrected chi connectivity index (χ0v) is 8.35. The first-order valence-electron chi connectivity index (χ1n) is 4.47. The summed E-state index contributed by atoms with van der Waals surface area (Å²) in [6.45, 7) is 7.23. The van der Waals surface area contributed by atoms with Crippen molar-refractivity contribution in [1.29, 1.82) is 0 Å². The second-order valence-electron chi connectivity index (χ2n) is 3.99. The largest absolute Gasteiger partial charge is 0.388 e. The molecular formula is C9H18N2O. The fourth-order valence-electron chi connectivity index (χ4n) is 1.39. The van der Waals surface area contributed by atoms with Gasteiger partial charge < -0.3 is 10.2 Å². The highest BCUT2D eigenvalue weighted by atomic mass is 16.7. The van der Waals surface area contributed by atoms with Crippen LogP contribution in [-0.4, -0.2) is 24.9 Å². The molecule has 0 fully saturated rings. The summed E-state index contributed by atoms with van der Waals surface area (Å²) in [6.07, 6.45) is 0.950. The number of nitrogens with zero attached hydrogens (tertiary/aromatic N) is 1. The van der Waals surface area contributed by atoms with E-state index in [4.69, 9.17) is 4.84 Å². The van der Waals surface area contributed by atoms with Crippen LogP contribution in [0.2, 0.25) is 0 Å². The maximum atomic E-state index is 5.38. The van der Waals surface area contributed by atoms with E-state index in [1.54, 1.807) is 0 Å². The van der Waals surface area contributed by atoms with Crippen molar-refractivity contribution in [1.82, 2.24) is 5.32 Å². The van der Waals surface area contributed by atoms with Crippen LogP contribution in [0.4, 0.5) is 0 Å². The Morgan fingerprint density at radius 2 is 2.33 bits per heavy atom. The van der Waals surface area contributed by atoms with Gasteiger partial charge in [-0.2, -0.15) is 0 Å². The minimum absolute atomic E-state index is 0.117. The summed E-state index contributed by atoms with van der Waals surface area (Å²) in [5.41, 5.74) is 1.06. The highest BCUT2D eigenvalue weighted by Gasteiger charge is 2.34. The van der Waals surface area contributed by atoms with Gasteiger partial charge in [0.1, 0.15) is 0 Å². The maximum absolute atomic E-state index is 5.38. The predicted molar refractivity (Wildman–Crippen MR) is 50.3 cm³/mol. The van der Waals surface area contributed by atoms with Crippen LogP contribution in [-0.2, 0) is 4.84 Å². The predicted octanol–water partition coefficient (Wildman–Crippen LogP) is 1.40. The lowest BCUT2D eigenvalue weighted by molar-refractivity contribution is -0.000966. The Morgan fingerprint density at radius 1 is 1.67 bits per heavy atom. The van der Waals surface area contributed by atoms with E-state index in [0.717, 1.165) is 13.0 Å². The third-order valence-corrected chi connectivity index (χ3v) is 2.16. The van der Waals surface area contributed by atoms with Gasteiger partial charge in [0, 0.05) is 13.0 Å². The molecule has 1 heterocycles. The van der Waals surface area contributed by atoms with Crippen LogP contribution >= 0.6 is 0 Å². The summed E-state index contributed by atoms with van der Waals surface area (Å²) in [4.78, 5) is 5.38. The molecule has 0 amide bonds. The molecule has 70 valence electrons. The Labute approximate surface area is 74.2 Å². The summed E-state index contributed by atoms with van der Waals surface area (Å²) in [5.74, 6) is 0.503. The summed E-state index contributed by atoms with van der Waals surface area (Å²) in [7, 11) is 1.93. The van der Waals surface area contributed by atoms with Crippen molar-refractivity contribution < 1.29 is 4.84 Å². The number of rotatable bonds is 3. The Bertz CT molecular complexity index is 189. The van der Waals surface area contributed by atoms with E-state index in [1.165, 1.54) is 5.71 Å². The maximum Gasteiger partial charge on any atom is 0.152 e. The lowest BCUT2D eigenvalue weighted by Crippen LogP contribution is -2.36. The molecule has 0 saturated heterocycles. The molecule has 1 rings (SSSR count). The molecule has 0 aromatic heterocycles. The van der Waals surface area contributed by atoms with Crippen molar-refractivity contribution in [2.24, 2.45) is 11.1 Å². The Kier molecular flexibility index (Phi) is 2.73. The number of oxime groups is 1.